The molecule has 3 N–H and O–H groups in total. The molecule has 112 valence electrons. The summed E-state index contributed by atoms with van der Waals surface area (Å²) in [5.41, 5.74) is 6.73. The van der Waals surface area contributed by atoms with E-state index in [0.29, 0.717) is 22.2 Å². The average Bonchev–Trinajstić information content (AvgIpc) is 3.14. The number of hydrogen-bond donors (Lipinski definition) is 2. The molecule has 0 unspecified atom stereocenters. The molecule has 1 aliphatic carbocycles. The van der Waals surface area contributed by atoms with E-state index >= 15 is 0 Å². The van der Waals surface area contributed by atoms with E-state index in [-0.39, 0.29) is 13.5 Å². The van der Waals surface area contributed by atoms with Gasteiger partial charge in [0.25, 0.3) is 0 Å². The van der Waals surface area contributed by atoms with E-state index in [1.54, 1.807) is 18.2 Å². The number of rotatable bonds is 1. The molecule has 1 fully saturated rings. The fourth-order valence-corrected chi connectivity index (χ4v) is 1.16. The number of halogens is 4. The average molecular weight is 308 g/mol. The Balaban J connectivity index is 0.000000304. The maximum absolute atomic E-state index is 10.4. The molecule has 1 aromatic carbocycles. The first-order chi connectivity index (χ1) is 9.17. The third kappa shape index (κ3) is 11.7. The molecule has 0 radical (unpaired) electrons. The fraction of sp³-hybridized carbons (Fsp3) is 0.429. The molecule has 0 aliphatic heterocycles. The van der Waals surface area contributed by atoms with Crippen molar-refractivity contribution >= 4 is 17.3 Å². The molecular weight excluding hydrogens is 291 g/mol. The number of terminal acetylenes is 1. The Hall–Kier alpha value is -1.38. The van der Waals surface area contributed by atoms with Crippen LogP contribution in [0.1, 0.15) is 25.3 Å². The van der Waals surface area contributed by atoms with Crippen LogP contribution in [-0.4, -0.2) is 11.3 Å². The van der Waals surface area contributed by atoms with Crippen LogP contribution in [0.3, 0.4) is 0 Å². The van der Waals surface area contributed by atoms with E-state index in [2.05, 4.69) is 5.92 Å². The highest BCUT2D eigenvalue weighted by Crippen LogP contribution is 2.26. The second-order valence-electron chi connectivity index (χ2n) is 4.22. The first-order valence-corrected chi connectivity index (χ1v) is 6.22. The molecule has 0 amide bonds. The Kier molecular flexibility index (Phi) is 8.12. The van der Waals surface area contributed by atoms with Crippen LogP contribution >= 0.6 is 11.6 Å². The Labute approximate surface area is 121 Å². The van der Waals surface area contributed by atoms with E-state index in [1.807, 2.05) is 0 Å². The van der Waals surface area contributed by atoms with Gasteiger partial charge in [0.2, 0.25) is 0 Å². The van der Waals surface area contributed by atoms with Crippen LogP contribution in [-0.2, 0) is 6.61 Å². The largest absolute Gasteiger partial charge is 0.398 e. The molecular formula is C14H17ClF3NO. The minimum Gasteiger partial charge on any atom is -0.398 e. The molecule has 1 aromatic rings. The summed E-state index contributed by atoms with van der Waals surface area (Å²) >= 11 is 5.63. The van der Waals surface area contributed by atoms with Crippen LogP contribution in [0, 0.1) is 18.3 Å². The molecule has 6 heteroatoms. The van der Waals surface area contributed by atoms with Crippen molar-refractivity contribution in [3.8, 4) is 12.3 Å². The van der Waals surface area contributed by atoms with E-state index in [1.165, 1.54) is 12.8 Å². The zero-order chi connectivity index (χ0) is 15.8. The van der Waals surface area contributed by atoms with Crippen molar-refractivity contribution in [1.82, 2.24) is 0 Å². The Bertz CT molecular complexity index is 445. The Morgan fingerprint density at radius 3 is 2.20 bits per heavy atom. The molecule has 0 spiro atoms. The summed E-state index contributed by atoms with van der Waals surface area (Å²) in [4.78, 5) is 0. The van der Waals surface area contributed by atoms with E-state index in [0.717, 1.165) is 0 Å². The van der Waals surface area contributed by atoms with Crippen molar-refractivity contribution in [1.29, 1.82) is 0 Å². The minimum absolute atomic E-state index is 0.0631. The number of alkyl halides is 3. The minimum atomic E-state index is -4.00. The maximum Gasteiger partial charge on any atom is 0.386 e. The van der Waals surface area contributed by atoms with Crippen LogP contribution in [0.2, 0.25) is 5.02 Å². The third-order valence-corrected chi connectivity index (χ3v) is 2.32. The van der Waals surface area contributed by atoms with Gasteiger partial charge in [-0.1, -0.05) is 11.6 Å². The quantitative estimate of drug-likeness (QED) is 0.608. The van der Waals surface area contributed by atoms with Crippen molar-refractivity contribution in [3.05, 3.63) is 28.8 Å². The fourth-order valence-electron chi connectivity index (χ4n) is 0.961. The standard InChI is InChI=1S/C7H8ClNO.C5H6.C2H3F3/c8-6-1-2-7(9)5(3-6)4-10;1-2-5-3-4-5;1-2(3,4)5/h1-3,10H,4,9H2;1,5H,3-4H2;1H3. The summed E-state index contributed by atoms with van der Waals surface area (Å²) in [7, 11) is 0. The predicted molar refractivity (Wildman–Crippen MR) is 75.1 cm³/mol. The van der Waals surface area contributed by atoms with Crippen LogP contribution in [0.5, 0.6) is 0 Å². The van der Waals surface area contributed by atoms with Gasteiger partial charge in [0, 0.05) is 29.1 Å². The summed E-state index contributed by atoms with van der Waals surface area (Å²) in [5, 5.41) is 9.30. The van der Waals surface area contributed by atoms with Crippen LogP contribution in [0.15, 0.2) is 18.2 Å². The molecule has 0 saturated heterocycles. The van der Waals surface area contributed by atoms with Gasteiger partial charge in [-0.25, -0.2) is 0 Å². The van der Waals surface area contributed by atoms with Gasteiger partial charge in [-0.05, 0) is 31.0 Å². The molecule has 2 nitrogen and oxygen atoms in total. The number of aliphatic hydroxyl groups is 1. The topological polar surface area (TPSA) is 46.2 Å². The molecule has 0 atom stereocenters. The first-order valence-electron chi connectivity index (χ1n) is 5.85. The highest BCUT2D eigenvalue weighted by molar-refractivity contribution is 6.30. The second-order valence-corrected chi connectivity index (χ2v) is 4.66. The summed E-state index contributed by atoms with van der Waals surface area (Å²) in [6, 6.07) is 5.01. The number of nitrogen functional groups attached to an aromatic ring is 1. The molecule has 0 heterocycles. The summed E-state index contributed by atoms with van der Waals surface area (Å²) in [6.07, 6.45) is 3.53. The maximum atomic E-state index is 10.4. The summed E-state index contributed by atoms with van der Waals surface area (Å²) in [6.45, 7) is 0.124. The summed E-state index contributed by atoms with van der Waals surface area (Å²) < 4.78 is 31.1. The number of benzene rings is 1. The molecule has 1 saturated carbocycles. The van der Waals surface area contributed by atoms with Crippen molar-refractivity contribution in [2.24, 2.45) is 5.92 Å². The van der Waals surface area contributed by atoms with Gasteiger partial charge in [0.1, 0.15) is 0 Å². The van der Waals surface area contributed by atoms with Gasteiger partial charge < -0.3 is 10.8 Å². The second kappa shape index (κ2) is 8.72. The SMILES string of the molecule is C#CC1CC1.CC(F)(F)F.Nc1ccc(Cl)cc1CO. The van der Waals surface area contributed by atoms with E-state index < -0.39 is 6.18 Å². The normalized spacial score (nSPS) is 13.2. The molecule has 20 heavy (non-hydrogen) atoms. The van der Waals surface area contributed by atoms with E-state index in [9.17, 15) is 13.2 Å². The van der Waals surface area contributed by atoms with Gasteiger partial charge in [0.15, 0.2) is 0 Å². The number of nitrogens with two attached hydrogens (primary N) is 1. The van der Waals surface area contributed by atoms with Gasteiger partial charge in [0.05, 0.1) is 6.61 Å². The molecule has 2 rings (SSSR count). The van der Waals surface area contributed by atoms with Gasteiger partial charge >= 0.3 is 6.18 Å². The van der Waals surface area contributed by atoms with Crippen LogP contribution in [0.4, 0.5) is 18.9 Å². The van der Waals surface area contributed by atoms with Gasteiger partial charge in [-0.3, -0.25) is 0 Å². The van der Waals surface area contributed by atoms with Crippen LogP contribution < -0.4 is 5.73 Å². The highest BCUT2D eigenvalue weighted by Gasteiger charge is 2.16. The lowest BCUT2D eigenvalue weighted by molar-refractivity contribution is -0.110. The lowest BCUT2D eigenvalue weighted by Gasteiger charge is -2.00. The molecule has 0 bridgehead atoms. The summed E-state index contributed by atoms with van der Waals surface area (Å²) in [5.74, 6) is 3.30. The lowest BCUT2D eigenvalue weighted by Crippen LogP contribution is -1.95. The van der Waals surface area contributed by atoms with Crippen molar-refractivity contribution in [2.75, 3.05) is 5.73 Å². The molecule has 0 aromatic heterocycles. The van der Waals surface area contributed by atoms with Crippen molar-refractivity contribution in [3.63, 3.8) is 0 Å². The van der Waals surface area contributed by atoms with Crippen molar-refractivity contribution in [2.45, 2.75) is 32.5 Å². The monoisotopic (exact) mass is 307 g/mol. The zero-order valence-corrected chi connectivity index (χ0v) is 11.8. The Morgan fingerprint density at radius 2 is 1.95 bits per heavy atom. The van der Waals surface area contributed by atoms with Gasteiger partial charge in [-0.15, -0.1) is 12.3 Å². The first kappa shape index (κ1) is 18.6. The smallest absolute Gasteiger partial charge is 0.386 e. The zero-order valence-electron chi connectivity index (χ0n) is 11.0. The van der Waals surface area contributed by atoms with Crippen molar-refractivity contribution < 1.29 is 18.3 Å². The van der Waals surface area contributed by atoms with Crippen LogP contribution in [0.25, 0.3) is 0 Å². The lowest BCUT2D eigenvalue weighted by atomic mass is 10.2. The molecule has 1 aliphatic rings. The number of anilines is 1. The highest BCUT2D eigenvalue weighted by atomic mass is 35.5. The van der Waals surface area contributed by atoms with Gasteiger partial charge in [-0.2, -0.15) is 13.2 Å². The third-order valence-electron chi connectivity index (χ3n) is 2.09. The van der Waals surface area contributed by atoms with E-state index in [4.69, 9.17) is 28.9 Å². The number of aliphatic hydroxyl groups excluding tert-OH is 1. The Morgan fingerprint density at radius 1 is 1.45 bits per heavy atom. The predicted octanol–water partition coefficient (Wildman–Crippen LogP) is 4.01. The number of hydrogen-bond acceptors (Lipinski definition) is 2.